The molecule has 42 heavy (non-hydrogen) atoms. The summed E-state index contributed by atoms with van der Waals surface area (Å²) in [6.07, 6.45) is 8.83. The molecule has 9 heteroatoms. The van der Waals surface area contributed by atoms with Crippen molar-refractivity contribution >= 4 is 29.5 Å². The maximum Gasteiger partial charge on any atom is 0.306 e. The minimum absolute atomic E-state index is 0.0667. The van der Waals surface area contributed by atoms with Gasteiger partial charge in [0.2, 0.25) is 11.8 Å². The highest BCUT2D eigenvalue weighted by molar-refractivity contribution is 7.99. The van der Waals surface area contributed by atoms with Crippen LogP contribution in [0.15, 0.2) is 59.8 Å². The molecule has 1 saturated carbocycles. The van der Waals surface area contributed by atoms with Crippen LogP contribution in [0.25, 0.3) is 0 Å². The van der Waals surface area contributed by atoms with Gasteiger partial charge in [0, 0.05) is 11.9 Å². The number of amides is 2. The van der Waals surface area contributed by atoms with E-state index in [4.69, 9.17) is 4.74 Å². The highest BCUT2D eigenvalue weighted by Crippen LogP contribution is 2.29. The molecule has 1 aromatic heterocycles. The predicted molar refractivity (Wildman–Crippen MR) is 166 cm³/mol. The second-order valence-electron chi connectivity index (χ2n) is 11.1. The monoisotopic (exact) mass is 597 g/mol. The van der Waals surface area contributed by atoms with Gasteiger partial charge in [-0.15, -0.1) is 11.8 Å². The van der Waals surface area contributed by atoms with E-state index in [1.807, 2.05) is 55.5 Å². The van der Waals surface area contributed by atoms with Gasteiger partial charge >= 0.3 is 5.97 Å². The number of thioether (sulfide) groups is 1. The van der Waals surface area contributed by atoms with Crippen molar-refractivity contribution < 1.29 is 24.2 Å². The van der Waals surface area contributed by atoms with Crippen molar-refractivity contribution in [2.24, 2.45) is 11.8 Å². The number of hydrogen-bond acceptors (Lipinski definition) is 7. The second-order valence-corrected chi connectivity index (χ2v) is 12.2. The molecule has 0 saturated heterocycles. The number of carbonyl (C=O) groups excluding carboxylic acids is 3. The van der Waals surface area contributed by atoms with Crippen LogP contribution >= 0.6 is 11.8 Å². The second kappa shape index (κ2) is 18.6. The fraction of sp³-hybridized carbons (Fsp3) is 0.576. The van der Waals surface area contributed by atoms with Gasteiger partial charge in [0.05, 0.1) is 36.1 Å². The standard InChI is InChI=1S/C33H47N3O5S/c1-3-13-27(35-32(39)26(22-31(38)41-4-2)20-24-14-7-5-8-15-24)33(40)36-28(21-25-16-9-6-10-17-25)29(37)23-42-30-18-11-12-19-34-30/h5,7-8,11-12,14-15,18-19,25-29,37H,3-4,6,9-10,13,16-17,20-23H2,1-2H3,(H,35,39)(H,36,40)/t26?,27-,28-,29+/m0/s1. The Balaban J connectivity index is 1.70. The average molecular weight is 598 g/mol. The van der Waals surface area contributed by atoms with E-state index < -0.39 is 30.1 Å². The summed E-state index contributed by atoms with van der Waals surface area (Å²) in [5.41, 5.74) is 0.930. The summed E-state index contributed by atoms with van der Waals surface area (Å²) in [6, 6.07) is 14.0. The molecule has 1 heterocycles. The van der Waals surface area contributed by atoms with Crippen LogP contribution in [0.2, 0.25) is 0 Å². The van der Waals surface area contributed by atoms with Crippen molar-refractivity contribution in [3.63, 3.8) is 0 Å². The summed E-state index contributed by atoms with van der Waals surface area (Å²) in [5, 5.41) is 18.1. The Morgan fingerprint density at radius 2 is 1.74 bits per heavy atom. The Morgan fingerprint density at radius 3 is 2.40 bits per heavy atom. The number of rotatable bonds is 17. The quantitative estimate of drug-likeness (QED) is 0.172. The number of aromatic nitrogens is 1. The maximum absolute atomic E-state index is 13.7. The van der Waals surface area contributed by atoms with Gasteiger partial charge in [-0.25, -0.2) is 4.98 Å². The topological polar surface area (TPSA) is 118 Å². The first-order chi connectivity index (χ1) is 20.4. The minimum Gasteiger partial charge on any atom is -0.466 e. The van der Waals surface area contributed by atoms with E-state index in [0.29, 0.717) is 37.4 Å². The fourth-order valence-electron chi connectivity index (χ4n) is 5.52. The van der Waals surface area contributed by atoms with E-state index >= 15 is 0 Å². The molecular weight excluding hydrogens is 550 g/mol. The number of benzene rings is 1. The third-order valence-corrected chi connectivity index (χ3v) is 8.81. The Morgan fingerprint density at radius 1 is 1.00 bits per heavy atom. The summed E-state index contributed by atoms with van der Waals surface area (Å²) < 4.78 is 5.13. The van der Waals surface area contributed by atoms with E-state index in [1.54, 1.807) is 13.1 Å². The number of aliphatic hydroxyl groups is 1. The Hall–Kier alpha value is -2.91. The largest absolute Gasteiger partial charge is 0.466 e. The van der Waals surface area contributed by atoms with Crippen LogP contribution < -0.4 is 10.6 Å². The fourth-order valence-corrected chi connectivity index (χ4v) is 6.41. The number of nitrogens with one attached hydrogen (secondary N) is 2. The first kappa shape index (κ1) is 33.6. The molecule has 1 unspecified atom stereocenters. The molecule has 2 amide bonds. The van der Waals surface area contributed by atoms with Gasteiger partial charge < -0.3 is 20.5 Å². The molecule has 3 N–H and O–H groups in total. The van der Waals surface area contributed by atoms with Crippen LogP contribution in [-0.2, 0) is 25.5 Å². The molecule has 1 aromatic carbocycles. The van der Waals surface area contributed by atoms with Gasteiger partial charge in [0.15, 0.2) is 0 Å². The van der Waals surface area contributed by atoms with E-state index in [1.165, 1.54) is 31.0 Å². The highest BCUT2D eigenvalue weighted by atomic mass is 32.2. The van der Waals surface area contributed by atoms with Crippen molar-refractivity contribution in [1.29, 1.82) is 0 Å². The molecule has 1 aliphatic carbocycles. The molecule has 1 fully saturated rings. The lowest BCUT2D eigenvalue weighted by Gasteiger charge is -2.31. The number of nitrogens with zero attached hydrogens (tertiary/aromatic N) is 1. The minimum atomic E-state index is -0.771. The zero-order valence-corrected chi connectivity index (χ0v) is 25.8. The van der Waals surface area contributed by atoms with Crippen LogP contribution in [0.4, 0.5) is 0 Å². The molecule has 8 nitrogen and oxygen atoms in total. The normalized spacial score (nSPS) is 16.5. The van der Waals surface area contributed by atoms with E-state index in [9.17, 15) is 19.5 Å². The molecular formula is C33H47N3O5S. The van der Waals surface area contributed by atoms with Crippen LogP contribution in [-0.4, -0.2) is 58.4 Å². The summed E-state index contributed by atoms with van der Waals surface area (Å²) in [6.45, 7) is 3.94. The number of esters is 1. The van der Waals surface area contributed by atoms with Gasteiger partial charge in [0.1, 0.15) is 6.04 Å². The van der Waals surface area contributed by atoms with E-state index in [2.05, 4.69) is 15.6 Å². The van der Waals surface area contributed by atoms with Gasteiger partial charge in [-0.1, -0.05) is 81.8 Å². The zero-order valence-electron chi connectivity index (χ0n) is 25.0. The molecule has 2 aromatic rings. The van der Waals surface area contributed by atoms with Crippen molar-refractivity contribution in [2.75, 3.05) is 12.4 Å². The van der Waals surface area contributed by atoms with Crippen molar-refractivity contribution in [1.82, 2.24) is 15.6 Å². The number of aliphatic hydroxyl groups excluding tert-OH is 1. The van der Waals surface area contributed by atoms with Gasteiger partial charge in [-0.2, -0.15) is 0 Å². The van der Waals surface area contributed by atoms with E-state index in [-0.39, 0.29) is 24.8 Å². The summed E-state index contributed by atoms with van der Waals surface area (Å²) in [7, 11) is 0. The van der Waals surface area contributed by atoms with E-state index in [0.717, 1.165) is 23.4 Å². The highest BCUT2D eigenvalue weighted by Gasteiger charge is 2.31. The SMILES string of the molecule is CCC[C@H](NC(=O)C(CC(=O)OCC)Cc1ccccc1)C(=O)N[C@@H](CC1CCCCC1)[C@H](O)CSc1ccccn1. The number of hydrogen-bond donors (Lipinski definition) is 3. The molecule has 1 aliphatic rings. The number of pyridine rings is 1. The van der Waals surface area contributed by atoms with Gasteiger partial charge in [-0.3, -0.25) is 14.4 Å². The molecule has 0 aliphatic heterocycles. The van der Waals surface area contributed by atoms with Gasteiger partial charge in [-0.05, 0) is 49.8 Å². The maximum atomic E-state index is 13.7. The van der Waals surface area contributed by atoms with Crippen molar-refractivity contribution in [3.05, 3.63) is 60.3 Å². The summed E-state index contributed by atoms with van der Waals surface area (Å²) >= 11 is 1.46. The molecule has 3 rings (SSSR count). The molecule has 4 atom stereocenters. The predicted octanol–water partition coefficient (Wildman–Crippen LogP) is 5.09. The third kappa shape index (κ3) is 11.8. The Labute approximate surface area is 254 Å². The first-order valence-corrected chi connectivity index (χ1v) is 16.4. The zero-order chi connectivity index (χ0) is 30.2. The van der Waals surface area contributed by atoms with Crippen molar-refractivity contribution in [3.8, 4) is 0 Å². The third-order valence-electron chi connectivity index (χ3n) is 7.77. The van der Waals surface area contributed by atoms with Crippen LogP contribution in [0.1, 0.15) is 77.2 Å². The smallest absolute Gasteiger partial charge is 0.306 e. The van der Waals surface area contributed by atoms with Crippen molar-refractivity contribution in [2.45, 2.75) is 101 Å². The van der Waals surface area contributed by atoms with Crippen LogP contribution in [0.5, 0.6) is 0 Å². The molecule has 0 bridgehead atoms. The van der Waals surface area contributed by atoms with Gasteiger partial charge in [0.25, 0.3) is 0 Å². The summed E-state index contributed by atoms with van der Waals surface area (Å²) in [4.78, 5) is 43.9. The average Bonchev–Trinajstić information content (AvgIpc) is 3.00. The number of carbonyl (C=O) groups is 3. The van der Waals surface area contributed by atoms with Crippen LogP contribution in [0, 0.1) is 11.8 Å². The molecule has 0 spiro atoms. The Kier molecular flexibility index (Phi) is 14.9. The lowest BCUT2D eigenvalue weighted by atomic mass is 9.83. The molecule has 0 radical (unpaired) electrons. The Bertz CT molecular complexity index is 1080. The van der Waals surface area contributed by atoms with Crippen LogP contribution in [0.3, 0.4) is 0 Å². The first-order valence-electron chi connectivity index (χ1n) is 15.4. The summed E-state index contributed by atoms with van der Waals surface area (Å²) in [5.74, 6) is -0.920. The number of ether oxygens (including phenoxy) is 1. The lowest BCUT2D eigenvalue weighted by Crippen LogP contribution is -2.54. The molecule has 230 valence electrons. The lowest BCUT2D eigenvalue weighted by molar-refractivity contribution is -0.146.